The zero-order valence-electron chi connectivity index (χ0n) is 9.21. The van der Waals surface area contributed by atoms with Gasteiger partial charge in [-0.2, -0.15) is 0 Å². The Morgan fingerprint density at radius 3 is 2.60 bits per heavy atom. The van der Waals surface area contributed by atoms with Crippen LogP contribution in [0.4, 0.5) is 0 Å². The third-order valence-corrected chi connectivity index (χ3v) is 5.35. The molecule has 1 aliphatic carbocycles. The van der Waals surface area contributed by atoms with Crippen molar-refractivity contribution in [2.45, 2.75) is 45.1 Å². The van der Waals surface area contributed by atoms with Gasteiger partial charge in [-0.25, -0.2) is 13.1 Å². The van der Waals surface area contributed by atoms with Crippen LogP contribution >= 0.6 is 15.9 Å². The largest absolute Gasteiger partial charge is 0.212 e. The number of halogens is 1. The first-order valence-corrected chi connectivity index (χ1v) is 8.42. The van der Waals surface area contributed by atoms with Gasteiger partial charge in [0.05, 0.1) is 5.75 Å². The Morgan fingerprint density at radius 2 is 2.00 bits per heavy atom. The SMILES string of the molecule is CCCS(=O)(=O)NC1CCCCC1CBr. The number of alkyl halides is 1. The van der Waals surface area contributed by atoms with Crippen molar-refractivity contribution < 1.29 is 8.42 Å². The van der Waals surface area contributed by atoms with Gasteiger partial charge < -0.3 is 0 Å². The van der Waals surface area contributed by atoms with E-state index in [1.54, 1.807) is 0 Å². The Morgan fingerprint density at radius 1 is 1.33 bits per heavy atom. The highest BCUT2D eigenvalue weighted by molar-refractivity contribution is 9.09. The van der Waals surface area contributed by atoms with E-state index in [0.717, 1.165) is 24.6 Å². The topological polar surface area (TPSA) is 46.2 Å². The van der Waals surface area contributed by atoms with Crippen LogP contribution in [-0.4, -0.2) is 25.5 Å². The Hall–Kier alpha value is 0.390. The lowest BCUT2D eigenvalue weighted by atomic mass is 9.87. The van der Waals surface area contributed by atoms with Gasteiger partial charge in [-0.15, -0.1) is 0 Å². The lowest BCUT2D eigenvalue weighted by Gasteiger charge is -2.30. The molecule has 0 aromatic rings. The van der Waals surface area contributed by atoms with Gasteiger partial charge >= 0.3 is 0 Å². The molecule has 0 amide bonds. The second-order valence-electron chi connectivity index (χ2n) is 4.24. The number of rotatable bonds is 5. The molecule has 0 saturated heterocycles. The van der Waals surface area contributed by atoms with Gasteiger partial charge in [0, 0.05) is 11.4 Å². The zero-order chi connectivity index (χ0) is 11.3. The Kier molecular flexibility index (Phi) is 5.57. The highest BCUT2D eigenvalue weighted by Crippen LogP contribution is 2.26. The van der Waals surface area contributed by atoms with Crippen LogP contribution in [0.15, 0.2) is 0 Å². The summed E-state index contributed by atoms with van der Waals surface area (Å²) in [6, 6.07) is 0.148. The molecular weight excluding hydrogens is 278 g/mol. The van der Waals surface area contributed by atoms with E-state index in [9.17, 15) is 8.42 Å². The van der Waals surface area contributed by atoms with E-state index in [1.165, 1.54) is 6.42 Å². The monoisotopic (exact) mass is 297 g/mol. The van der Waals surface area contributed by atoms with Crippen LogP contribution in [0.3, 0.4) is 0 Å². The van der Waals surface area contributed by atoms with E-state index in [0.29, 0.717) is 12.3 Å². The van der Waals surface area contributed by atoms with Crippen LogP contribution < -0.4 is 4.72 Å². The molecule has 0 heterocycles. The Bertz CT molecular complexity index is 279. The maximum absolute atomic E-state index is 11.6. The fourth-order valence-corrected chi connectivity index (χ4v) is 4.31. The van der Waals surface area contributed by atoms with Gasteiger partial charge in [-0.3, -0.25) is 0 Å². The van der Waals surface area contributed by atoms with Crippen molar-refractivity contribution in [3.05, 3.63) is 0 Å². The highest BCUT2D eigenvalue weighted by Gasteiger charge is 2.27. The summed E-state index contributed by atoms with van der Waals surface area (Å²) in [5.41, 5.74) is 0. The molecule has 0 bridgehead atoms. The quantitative estimate of drug-likeness (QED) is 0.791. The van der Waals surface area contributed by atoms with Crippen LogP contribution in [0.5, 0.6) is 0 Å². The summed E-state index contributed by atoms with van der Waals surface area (Å²) in [5.74, 6) is 0.712. The van der Waals surface area contributed by atoms with Crippen molar-refractivity contribution in [1.82, 2.24) is 4.72 Å². The third kappa shape index (κ3) is 4.41. The van der Waals surface area contributed by atoms with Crippen LogP contribution in [0, 0.1) is 5.92 Å². The zero-order valence-corrected chi connectivity index (χ0v) is 11.6. The maximum Gasteiger partial charge on any atom is 0.211 e. The molecule has 0 aliphatic heterocycles. The smallest absolute Gasteiger partial charge is 0.211 e. The van der Waals surface area contributed by atoms with Crippen LogP contribution in [0.1, 0.15) is 39.0 Å². The first-order chi connectivity index (χ1) is 7.09. The van der Waals surface area contributed by atoms with E-state index < -0.39 is 10.0 Å². The average Bonchev–Trinajstić information content (AvgIpc) is 2.17. The maximum atomic E-state index is 11.6. The molecular formula is C10H20BrNO2S. The molecule has 1 fully saturated rings. The summed E-state index contributed by atoms with van der Waals surface area (Å²) in [5, 5.41) is 0.895. The molecule has 1 aliphatic rings. The van der Waals surface area contributed by atoms with Crippen molar-refractivity contribution in [3.63, 3.8) is 0 Å². The van der Waals surface area contributed by atoms with Crippen LogP contribution in [-0.2, 0) is 10.0 Å². The van der Waals surface area contributed by atoms with Gasteiger partial charge in [0.1, 0.15) is 0 Å². The molecule has 1 rings (SSSR count). The predicted molar refractivity (Wildman–Crippen MR) is 66.8 cm³/mol. The van der Waals surface area contributed by atoms with Gasteiger partial charge in [0.2, 0.25) is 10.0 Å². The first kappa shape index (κ1) is 13.5. The fourth-order valence-electron chi connectivity index (χ4n) is 2.11. The second-order valence-corrected chi connectivity index (χ2v) is 6.76. The van der Waals surface area contributed by atoms with Crippen molar-refractivity contribution in [3.8, 4) is 0 Å². The summed E-state index contributed by atoms with van der Waals surface area (Å²) in [7, 11) is -3.05. The van der Waals surface area contributed by atoms with Crippen LogP contribution in [0.2, 0.25) is 0 Å². The molecule has 90 valence electrons. The molecule has 1 saturated carbocycles. The number of hydrogen-bond donors (Lipinski definition) is 1. The second kappa shape index (κ2) is 6.21. The van der Waals surface area contributed by atoms with Crippen molar-refractivity contribution in [2.75, 3.05) is 11.1 Å². The molecule has 0 aromatic heterocycles. The third-order valence-electron chi connectivity index (χ3n) is 2.91. The lowest BCUT2D eigenvalue weighted by molar-refractivity contribution is 0.316. The minimum absolute atomic E-state index is 0.148. The number of nitrogens with one attached hydrogen (secondary N) is 1. The molecule has 0 spiro atoms. The molecule has 3 nitrogen and oxygen atoms in total. The van der Waals surface area contributed by atoms with E-state index in [4.69, 9.17) is 0 Å². The van der Waals surface area contributed by atoms with E-state index in [1.807, 2.05) is 6.92 Å². The molecule has 5 heteroatoms. The average molecular weight is 298 g/mol. The molecule has 0 aromatic carbocycles. The fraction of sp³-hybridized carbons (Fsp3) is 1.00. The standard InChI is InChI=1S/C10H20BrNO2S/c1-2-7-15(13,14)12-10-6-4-3-5-9(10)8-11/h9-10,12H,2-8H2,1H3. The van der Waals surface area contributed by atoms with E-state index in [2.05, 4.69) is 20.7 Å². The van der Waals surface area contributed by atoms with E-state index in [-0.39, 0.29) is 11.8 Å². The Balaban J connectivity index is 2.54. The lowest BCUT2D eigenvalue weighted by Crippen LogP contribution is -2.43. The summed E-state index contributed by atoms with van der Waals surface area (Å²) >= 11 is 3.46. The van der Waals surface area contributed by atoms with Gasteiger partial charge in [0.15, 0.2) is 0 Å². The van der Waals surface area contributed by atoms with Crippen molar-refractivity contribution >= 4 is 26.0 Å². The normalized spacial score (nSPS) is 27.9. The number of sulfonamides is 1. The molecule has 0 radical (unpaired) electrons. The highest BCUT2D eigenvalue weighted by atomic mass is 79.9. The summed E-state index contributed by atoms with van der Waals surface area (Å²) in [6.07, 6.45) is 5.16. The van der Waals surface area contributed by atoms with Crippen molar-refractivity contribution in [2.24, 2.45) is 5.92 Å². The van der Waals surface area contributed by atoms with Crippen molar-refractivity contribution in [1.29, 1.82) is 0 Å². The minimum Gasteiger partial charge on any atom is -0.212 e. The minimum atomic E-state index is -3.05. The molecule has 1 N–H and O–H groups in total. The Labute approximate surface area is 101 Å². The van der Waals surface area contributed by atoms with Crippen LogP contribution in [0.25, 0.3) is 0 Å². The summed E-state index contributed by atoms with van der Waals surface area (Å²) in [4.78, 5) is 0. The molecule has 15 heavy (non-hydrogen) atoms. The van der Waals surface area contributed by atoms with Gasteiger partial charge in [-0.1, -0.05) is 35.7 Å². The number of hydrogen-bond acceptors (Lipinski definition) is 2. The molecule has 2 unspecified atom stereocenters. The summed E-state index contributed by atoms with van der Waals surface area (Å²) in [6.45, 7) is 1.89. The predicted octanol–water partition coefficient (Wildman–Crippen LogP) is 2.27. The first-order valence-electron chi connectivity index (χ1n) is 5.65. The molecule has 2 atom stereocenters. The van der Waals surface area contributed by atoms with Gasteiger partial charge in [-0.05, 0) is 25.2 Å². The summed E-state index contributed by atoms with van der Waals surface area (Å²) < 4.78 is 26.1. The van der Waals surface area contributed by atoms with E-state index >= 15 is 0 Å². The van der Waals surface area contributed by atoms with Gasteiger partial charge in [0.25, 0.3) is 0 Å².